The SMILES string of the molecule is C=C(OC(C)(C)C)C(N)CCC(=O)NCCCCCC(=O)NCCCCC(NC(=O)OCC1c2ccccc2-c2ccccc21)C(=O)O. The molecule has 11 nitrogen and oxygen atoms in total. The van der Waals surface area contributed by atoms with Crippen LogP contribution in [0.1, 0.15) is 95.6 Å². The largest absolute Gasteiger partial charge is 0.491 e. The molecule has 0 heterocycles. The van der Waals surface area contributed by atoms with Gasteiger partial charge in [0.15, 0.2) is 0 Å². The van der Waals surface area contributed by atoms with Crippen molar-refractivity contribution in [1.29, 1.82) is 0 Å². The van der Waals surface area contributed by atoms with Crippen molar-refractivity contribution in [3.05, 3.63) is 72.0 Å². The van der Waals surface area contributed by atoms with Crippen LogP contribution in [0.4, 0.5) is 4.79 Å². The van der Waals surface area contributed by atoms with E-state index < -0.39 is 24.1 Å². The van der Waals surface area contributed by atoms with E-state index in [1.807, 2.05) is 69.3 Å². The van der Waals surface area contributed by atoms with E-state index in [0.29, 0.717) is 51.0 Å². The van der Waals surface area contributed by atoms with Crippen molar-refractivity contribution < 1.29 is 33.8 Å². The summed E-state index contributed by atoms with van der Waals surface area (Å²) in [5.74, 6) is -0.926. The van der Waals surface area contributed by atoms with Crippen LogP contribution in [0.3, 0.4) is 0 Å². The van der Waals surface area contributed by atoms with Gasteiger partial charge in [-0.3, -0.25) is 9.59 Å². The molecule has 0 aliphatic heterocycles. The lowest BCUT2D eigenvalue weighted by molar-refractivity contribution is -0.139. The highest BCUT2D eigenvalue weighted by Crippen LogP contribution is 2.44. The third-order valence-corrected chi connectivity index (χ3v) is 8.11. The van der Waals surface area contributed by atoms with E-state index in [9.17, 15) is 24.3 Å². The second-order valence-corrected chi connectivity index (χ2v) is 13.2. The van der Waals surface area contributed by atoms with Crippen LogP contribution in [0, 0.1) is 0 Å². The molecule has 2 atom stereocenters. The number of ether oxygens (including phenoxy) is 2. The molecule has 0 fully saturated rings. The molecule has 0 radical (unpaired) electrons. The first-order valence-electron chi connectivity index (χ1n) is 16.9. The molecule has 262 valence electrons. The summed E-state index contributed by atoms with van der Waals surface area (Å²) in [6, 6.07) is 14.5. The fourth-order valence-electron chi connectivity index (χ4n) is 5.65. The van der Waals surface area contributed by atoms with Crippen molar-refractivity contribution in [2.45, 2.75) is 102 Å². The lowest BCUT2D eigenvalue weighted by atomic mass is 9.98. The van der Waals surface area contributed by atoms with Crippen LogP contribution in [0.5, 0.6) is 0 Å². The van der Waals surface area contributed by atoms with Gasteiger partial charge in [-0.1, -0.05) is 61.5 Å². The Kier molecular flexibility index (Phi) is 14.9. The first kappa shape index (κ1) is 38.1. The van der Waals surface area contributed by atoms with Crippen LogP contribution in [0.2, 0.25) is 0 Å². The summed E-state index contributed by atoms with van der Waals surface area (Å²) in [5.41, 5.74) is 10.1. The standard InChI is InChI=1S/C37H52N4O7/c1-25(48-37(2,3)4)31(38)20-21-34(43)40-22-12-5-6-19-33(42)39-23-13-11-18-32(35(44)45)41-36(46)47-24-30-28-16-9-7-14-26(28)27-15-8-10-17-29(27)30/h7-10,14-17,30-32H,1,5-6,11-13,18-24,38H2,2-4H3,(H,39,42)(H,40,43)(H,41,46)(H,44,45). The number of hydrogen-bond donors (Lipinski definition) is 5. The summed E-state index contributed by atoms with van der Waals surface area (Å²) in [6.45, 7) is 10.7. The molecule has 3 rings (SSSR count). The molecule has 0 saturated heterocycles. The summed E-state index contributed by atoms with van der Waals surface area (Å²) in [7, 11) is 0. The van der Waals surface area contributed by atoms with E-state index in [1.165, 1.54) is 0 Å². The Labute approximate surface area is 284 Å². The minimum atomic E-state index is -1.14. The number of alkyl carbamates (subject to hydrolysis) is 1. The normalized spacial score (nSPS) is 13.4. The molecule has 0 aromatic heterocycles. The summed E-state index contributed by atoms with van der Waals surface area (Å²) in [4.78, 5) is 48.6. The van der Waals surface area contributed by atoms with Gasteiger partial charge in [0.25, 0.3) is 0 Å². The molecular formula is C37H52N4O7. The fraction of sp³-hybridized carbons (Fsp3) is 0.514. The van der Waals surface area contributed by atoms with E-state index >= 15 is 0 Å². The van der Waals surface area contributed by atoms with Crippen molar-refractivity contribution in [2.24, 2.45) is 5.73 Å². The first-order valence-corrected chi connectivity index (χ1v) is 16.9. The molecule has 3 amide bonds. The minimum absolute atomic E-state index is 0.0720. The summed E-state index contributed by atoms with van der Waals surface area (Å²) < 4.78 is 11.1. The zero-order valence-electron chi connectivity index (χ0n) is 28.5. The van der Waals surface area contributed by atoms with Gasteiger partial charge in [-0.15, -0.1) is 0 Å². The number of nitrogens with one attached hydrogen (secondary N) is 3. The van der Waals surface area contributed by atoms with Gasteiger partial charge in [-0.25, -0.2) is 9.59 Å². The number of amides is 3. The average molecular weight is 665 g/mol. The third kappa shape index (κ3) is 12.7. The van der Waals surface area contributed by atoms with Crippen LogP contribution in [-0.2, 0) is 23.9 Å². The van der Waals surface area contributed by atoms with Gasteiger partial charge in [0.2, 0.25) is 11.8 Å². The molecule has 1 aliphatic carbocycles. The molecule has 0 bridgehead atoms. The maximum Gasteiger partial charge on any atom is 0.407 e. The van der Waals surface area contributed by atoms with E-state index in [-0.39, 0.29) is 42.8 Å². The number of carboxylic acid groups (broad SMARTS) is 1. The van der Waals surface area contributed by atoms with Gasteiger partial charge in [0.05, 0.1) is 6.04 Å². The molecule has 0 saturated carbocycles. The number of benzene rings is 2. The Hall–Kier alpha value is -4.38. The highest BCUT2D eigenvalue weighted by atomic mass is 16.5. The van der Waals surface area contributed by atoms with Gasteiger partial charge in [-0.05, 0) is 81.5 Å². The monoisotopic (exact) mass is 664 g/mol. The molecule has 2 aromatic rings. The highest BCUT2D eigenvalue weighted by molar-refractivity contribution is 5.81. The van der Waals surface area contributed by atoms with Gasteiger partial charge < -0.3 is 36.3 Å². The smallest absolute Gasteiger partial charge is 0.407 e. The van der Waals surface area contributed by atoms with E-state index in [2.05, 4.69) is 22.5 Å². The molecule has 11 heteroatoms. The first-order chi connectivity index (χ1) is 22.9. The van der Waals surface area contributed by atoms with Crippen LogP contribution in [0.15, 0.2) is 60.9 Å². The molecule has 48 heavy (non-hydrogen) atoms. The molecule has 2 aromatic carbocycles. The minimum Gasteiger partial charge on any atom is -0.491 e. The van der Waals surface area contributed by atoms with Gasteiger partial charge in [0.1, 0.15) is 24.0 Å². The molecule has 1 aliphatic rings. The Balaban J connectivity index is 1.22. The van der Waals surface area contributed by atoms with E-state index in [1.54, 1.807) is 0 Å². The number of unbranched alkanes of at least 4 members (excludes halogenated alkanes) is 3. The molecule has 0 spiro atoms. The average Bonchev–Trinajstić information content (AvgIpc) is 3.36. The van der Waals surface area contributed by atoms with Gasteiger partial charge >= 0.3 is 12.1 Å². The van der Waals surface area contributed by atoms with Crippen molar-refractivity contribution in [2.75, 3.05) is 19.7 Å². The van der Waals surface area contributed by atoms with Crippen LogP contribution >= 0.6 is 0 Å². The number of carbonyl (C=O) groups excluding carboxylic acids is 3. The summed E-state index contributed by atoms with van der Waals surface area (Å²) in [6.07, 6.45) is 3.89. The highest BCUT2D eigenvalue weighted by Gasteiger charge is 2.29. The van der Waals surface area contributed by atoms with E-state index in [0.717, 1.165) is 35.1 Å². The number of carboxylic acids is 1. The van der Waals surface area contributed by atoms with Crippen molar-refractivity contribution in [1.82, 2.24) is 16.0 Å². The van der Waals surface area contributed by atoms with Crippen LogP contribution < -0.4 is 21.7 Å². The van der Waals surface area contributed by atoms with Gasteiger partial charge in [-0.2, -0.15) is 0 Å². The quantitative estimate of drug-likeness (QED) is 0.0929. The van der Waals surface area contributed by atoms with Crippen molar-refractivity contribution >= 4 is 23.9 Å². The maximum absolute atomic E-state index is 12.5. The number of nitrogens with two attached hydrogens (primary N) is 1. The Bertz CT molecular complexity index is 1360. The molecular weight excluding hydrogens is 612 g/mol. The predicted molar refractivity (Wildman–Crippen MR) is 185 cm³/mol. The second kappa shape index (κ2) is 18.8. The van der Waals surface area contributed by atoms with Crippen molar-refractivity contribution in [3.8, 4) is 11.1 Å². The van der Waals surface area contributed by atoms with Gasteiger partial charge in [0, 0.05) is 31.8 Å². The van der Waals surface area contributed by atoms with Crippen LogP contribution in [-0.4, -0.2) is 66.4 Å². The molecule has 2 unspecified atom stereocenters. The topological polar surface area (TPSA) is 169 Å². The summed E-state index contributed by atoms with van der Waals surface area (Å²) in [5, 5.41) is 17.8. The Morgan fingerprint density at radius 1 is 0.833 bits per heavy atom. The Morgan fingerprint density at radius 3 is 1.98 bits per heavy atom. The number of rotatable bonds is 20. The fourth-order valence-corrected chi connectivity index (χ4v) is 5.65. The van der Waals surface area contributed by atoms with Crippen molar-refractivity contribution in [3.63, 3.8) is 0 Å². The maximum atomic E-state index is 12.5. The number of fused-ring (bicyclic) bond motifs is 3. The Morgan fingerprint density at radius 2 is 1.40 bits per heavy atom. The van der Waals surface area contributed by atoms with E-state index in [4.69, 9.17) is 15.2 Å². The number of hydrogen-bond acceptors (Lipinski definition) is 7. The summed E-state index contributed by atoms with van der Waals surface area (Å²) >= 11 is 0. The predicted octanol–water partition coefficient (Wildman–Crippen LogP) is 5.38. The second-order valence-electron chi connectivity index (χ2n) is 13.2. The number of carbonyl (C=O) groups is 4. The lowest BCUT2D eigenvalue weighted by Gasteiger charge is -2.25. The van der Waals surface area contributed by atoms with Crippen LogP contribution in [0.25, 0.3) is 11.1 Å². The third-order valence-electron chi connectivity index (χ3n) is 8.11. The zero-order valence-corrected chi connectivity index (χ0v) is 28.5. The number of aliphatic carboxylic acids is 1. The lowest BCUT2D eigenvalue weighted by Crippen LogP contribution is -2.41. The molecule has 6 N–H and O–H groups in total. The zero-order chi connectivity index (χ0) is 35.1.